The fourth-order valence-corrected chi connectivity index (χ4v) is 2.73. The Morgan fingerprint density at radius 2 is 2.16 bits per heavy atom. The molecule has 1 amide bonds. The van der Waals surface area contributed by atoms with Gasteiger partial charge >= 0.3 is 0 Å². The van der Waals surface area contributed by atoms with E-state index in [0.29, 0.717) is 6.54 Å². The van der Waals surface area contributed by atoms with Crippen LogP contribution in [0.15, 0.2) is 35.7 Å². The normalized spacial score (nSPS) is 10.3. The number of thiophene rings is 1. The molecule has 0 atom stereocenters. The number of hydrogen-bond acceptors (Lipinski definition) is 3. The summed E-state index contributed by atoms with van der Waals surface area (Å²) in [6, 6.07) is 9.86. The van der Waals surface area contributed by atoms with Crippen molar-refractivity contribution in [2.75, 3.05) is 19.4 Å². The zero-order valence-electron chi connectivity index (χ0n) is 11.4. The summed E-state index contributed by atoms with van der Waals surface area (Å²) in [5, 5.41) is 5.10. The number of aryl methyl sites for hydroxylation is 1. The Morgan fingerprint density at radius 3 is 2.74 bits per heavy atom. The number of carbonyl (C=O) groups excluding carboxylic acids is 1. The van der Waals surface area contributed by atoms with E-state index in [0.717, 1.165) is 16.8 Å². The van der Waals surface area contributed by atoms with Crippen LogP contribution in [0.3, 0.4) is 0 Å². The van der Waals surface area contributed by atoms with E-state index in [4.69, 9.17) is 0 Å². The summed E-state index contributed by atoms with van der Waals surface area (Å²) in [4.78, 5) is 15.4. The third kappa shape index (κ3) is 3.15. The Bertz CT molecular complexity index is 564. The topological polar surface area (TPSA) is 32.3 Å². The molecule has 3 nitrogen and oxygen atoms in total. The van der Waals surface area contributed by atoms with Gasteiger partial charge in [-0.3, -0.25) is 4.79 Å². The number of anilines is 1. The van der Waals surface area contributed by atoms with Crippen molar-refractivity contribution in [2.45, 2.75) is 13.5 Å². The predicted octanol–water partition coefficient (Wildman–Crippen LogP) is 3.37. The standard InChI is InChI=1S/C15H18N2OS/c1-11-9-12(16-2)6-7-14(11)15(18)17(3)10-13-5-4-8-19-13/h4-9,16H,10H2,1-3H3. The van der Waals surface area contributed by atoms with Crippen molar-refractivity contribution in [3.8, 4) is 0 Å². The molecule has 1 heterocycles. The van der Waals surface area contributed by atoms with Crippen LogP contribution in [0, 0.1) is 6.92 Å². The number of nitrogens with one attached hydrogen (secondary N) is 1. The van der Waals surface area contributed by atoms with Crippen molar-refractivity contribution in [3.05, 3.63) is 51.7 Å². The van der Waals surface area contributed by atoms with Crippen LogP contribution < -0.4 is 5.32 Å². The summed E-state index contributed by atoms with van der Waals surface area (Å²) < 4.78 is 0. The van der Waals surface area contributed by atoms with E-state index >= 15 is 0 Å². The molecule has 4 heteroatoms. The van der Waals surface area contributed by atoms with Crippen LogP contribution in [0.2, 0.25) is 0 Å². The van der Waals surface area contributed by atoms with Crippen LogP contribution >= 0.6 is 11.3 Å². The molecule has 0 saturated heterocycles. The molecule has 0 unspecified atom stereocenters. The third-order valence-electron chi connectivity index (χ3n) is 3.07. The zero-order valence-corrected chi connectivity index (χ0v) is 12.3. The minimum atomic E-state index is 0.0635. The molecular weight excluding hydrogens is 256 g/mol. The fourth-order valence-electron chi connectivity index (χ4n) is 1.97. The molecule has 0 spiro atoms. The van der Waals surface area contributed by atoms with Crippen LogP contribution in [-0.4, -0.2) is 24.9 Å². The summed E-state index contributed by atoms with van der Waals surface area (Å²) in [7, 11) is 3.71. The first-order valence-electron chi connectivity index (χ1n) is 6.18. The molecule has 0 aliphatic heterocycles. The number of benzene rings is 1. The van der Waals surface area contributed by atoms with Gasteiger partial charge in [-0.05, 0) is 42.1 Å². The third-order valence-corrected chi connectivity index (χ3v) is 3.93. The molecule has 0 radical (unpaired) electrons. The monoisotopic (exact) mass is 274 g/mol. The summed E-state index contributed by atoms with van der Waals surface area (Å²) in [6.07, 6.45) is 0. The largest absolute Gasteiger partial charge is 0.388 e. The van der Waals surface area contributed by atoms with Crippen molar-refractivity contribution in [3.63, 3.8) is 0 Å². The SMILES string of the molecule is CNc1ccc(C(=O)N(C)Cc2cccs2)c(C)c1. The van der Waals surface area contributed by atoms with Crippen LogP contribution in [0.1, 0.15) is 20.8 Å². The molecule has 1 aromatic heterocycles. The quantitative estimate of drug-likeness (QED) is 0.927. The Kier molecular flexibility index (Phi) is 4.22. The highest BCUT2D eigenvalue weighted by Crippen LogP contribution is 2.18. The minimum Gasteiger partial charge on any atom is -0.388 e. The number of amides is 1. The molecule has 0 aliphatic rings. The van der Waals surface area contributed by atoms with Crippen LogP contribution in [0.4, 0.5) is 5.69 Å². The second-order valence-corrected chi connectivity index (χ2v) is 5.55. The van der Waals surface area contributed by atoms with Gasteiger partial charge in [0.1, 0.15) is 0 Å². The van der Waals surface area contributed by atoms with Gasteiger partial charge in [0.05, 0.1) is 6.54 Å². The lowest BCUT2D eigenvalue weighted by atomic mass is 10.1. The smallest absolute Gasteiger partial charge is 0.254 e. The highest BCUT2D eigenvalue weighted by atomic mass is 32.1. The predicted molar refractivity (Wildman–Crippen MR) is 80.8 cm³/mol. The van der Waals surface area contributed by atoms with Crippen molar-refractivity contribution in [1.29, 1.82) is 0 Å². The van der Waals surface area contributed by atoms with Crippen LogP contribution in [-0.2, 0) is 6.54 Å². The maximum Gasteiger partial charge on any atom is 0.254 e. The maximum atomic E-state index is 12.4. The number of nitrogens with zero attached hydrogens (tertiary/aromatic N) is 1. The number of hydrogen-bond donors (Lipinski definition) is 1. The second-order valence-electron chi connectivity index (χ2n) is 4.52. The lowest BCUT2D eigenvalue weighted by Gasteiger charge is -2.18. The summed E-state index contributed by atoms with van der Waals surface area (Å²) in [5.41, 5.74) is 2.78. The van der Waals surface area contributed by atoms with Gasteiger partial charge in [-0.15, -0.1) is 11.3 Å². The number of carbonyl (C=O) groups is 1. The first-order valence-corrected chi connectivity index (χ1v) is 7.06. The highest BCUT2D eigenvalue weighted by Gasteiger charge is 2.14. The van der Waals surface area contributed by atoms with Gasteiger partial charge in [0.15, 0.2) is 0 Å². The first kappa shape index (κ1) is 13.6. The second kappa shape index (κ2) is 5.89. The maximum absolute atomic E-state index is 12.4. The molecule has 2 aromatic rings. The van der Waals surface area contributed by atoms with Gasteiger partial charge in [-0.25, -0.2) is 0 Å². The summed E-state index contributed by atoms with van der Waals surface area (Å²) in [6.45, 7) is 2.62. The van der Waals surface area contributed by atoms with Crippen LogP contribution in [0.25, 0.3) is 0 Å². The van der Waals surface area contributed by atoms with Crippen molar-refractivity contribution >= 4 is 22.9 Å². The van der Waals surface area contributed by atoms with E-state index in [2.05, 4.69) is 5.32 Å². The first-order chi connectivity index (χ1) is 9.11. The van der Waals surface area contributed by atoms with E-state index in [9.17, 15) is 4.79 Å². The molecule has 100 valence electrons. The average molecular weight is 274 g/mol. The molecule has 0 aliphatic carbocycles. The van der Waals surface area contributed by atoms with Gasteiger partial charge in [-0.2, -0.15) is 0 Å². The Morgan fingerprint density at radius 1 is 1.37 bits per heavy atom. The average Bonchev–Trinajstić information content (AvgIpc) is 2.90. The fraction of sp³-hybridized carbons (Fsp3) is 0.267. The van der Waals surface area contributed by atoms with E-state index in [1.165, 1.54) is 4.88 Å². The van der Waals surface area contributed by atoms with Crippen molar-refractivity contribution < 1.29 is 4.79 Å². The molecule has 0 bridgehead atoms. The summed E-state index contributed by atoms with van der Waals surface area (Å²) in [5.74, 6) is 0.0635. The minimum absolute atomic E-state index is 0.0635. The zero-order chi connectivity index (χ0) is 13.8. The van der Waals surface area contributed by atoms with Gasteiger partial charge < -0.3 is 10.2 Å². The molecular formula is C15H18N2OS. The van der Waals surface area contributed by atoms with Gasteiger partial charge in [0.25, 0.3) is 5.91 Å². The van der Waals surface area contributed by atoms with E-state index in [-0.39, 0.29) is 5.91 Å². The Hall–Kier alpha value is -1.81. The molecule has 1 aromatic carbocycles. The van der Waals surface area contributed by atoms with Gasteiger partial charge in [-0.1, -0.05) is 6.07 Å². The number of rotatable bonds is 4. The van der Waals surface area contributed by atoms with Gasteiger partial charge in [0, 0.05) is 30.2 Å². The van der Waals surface area contributed by atoms with Crippen LogP contribution in [0.5, 0.6) is 0 Å². The highest BCUT2D eigenvalue weighted by molar-refractivity contribution is 7.09. The van der Waals surface area contributed by atoms with E-state index in [1.54, 1.807) is 16.2 Å². The molecule has 2 rings (SSSR count). The Balaban J connectivity index is 2.14. The lowest BCUT2D eigenvalue weighted by molar-refractivity contribution is 0.0786. The van der Waals surface area contributed by atoms with Gasteiger partial charge in [0.2, 0.25) is 0 Å². The molecule has 0 saturated carbocycles. The summed E-state index contributed by atoms with van der Waals surface area (Å²) >= 11 is 1.67. The van der Waals surface area contributed by atoms with Crippen molar-refractivity contribution in [2.24, 2.45) is 0 Å². The lowest BCUT2D eigenvalue weighted by Crippen LogP contribution is -2.26. The Labute approximate surface area is 117 Å². The van der Waals surface area contributed by atoms with E-state index < -0.39 is 0 Å². The van der Waals surface area contributed by atoms with Crippen molar-refractivity contribution in [1.82, 2.24) is 4.90 Å². The molecule has 19 heavy (non-hydrogen) atoms. The van der Waals surface area contributed by atoms with E-state index in [1.807, 2.05) is 56.7 Å². The molecule has 1 N–H and O–H groups in total. The molecule has 0 fully saturated rings.